The van der Waals surface area contributed by atoms with Gasteiger partial charge in [-0.15, -0.1) is 0 Å². The lowest BCUT2D eigenvalue weighted by Crippen LogP contribution is -2.18. The Balaban J connectivity index is 2.92. The second kappa shape index (κ2) is 4.49. The number of hydrogen-bond acceptors (Lipinski definition) is 2. The summed E-state index contributed by atoms with van der Waals surface area (Å²) in [5, 5.41) is 0.685. The maximum Gasteiger partial charge on any atom is 0.123 e. The molecule has 1 atom stereocenters. The molecule has 0 saturated carbocycles. The minimum Gasteiger partial charge on any atom is -0.496 e. The Hall–Kier alpha value is -0.730. The highest BCUT2D eigenvalue weighted by atomic mass is 35.5. The van der Waals surface area contributed by atoms with Crippen molar-refractivity contribution in [2.45, 2.75) is 19.4 Å². The van der Waals surface area contributed by atoms with Crippen LogP contribution in [0.5, 0.6) is 5.75 Å². The maximum atomic E-state index is 5.82. The molecule has 0 aromatic heterocycles. The predicted octanol–water partition coefficient (Wildman–Crippen LogP) is 2.24. The van der Waals surface area contributed by atoms with E-state index in [0.29, 0.717) is 5.02 Å². The minimum atomic E-state index is 0.134. The molecule has 0 bridgehead atoms. The van der Waals surface area contributed by atoms with Crippen molar-refractivity contribution >= 4 is 11.6 Å². The highest BCUT2D eigenvalue weighted by molar-refractivity contribution is 6.30. The number of ether oxygens (including phenoxy) is 1. The molecule has 0 unspecified atom stereocenters. The molecule has 0 saturated heterocycles. The van der Waals surface area contributed by atoms with Crippen LogP contribution in [0, 0.1) is 0 Å². The zero-order valence-electron chi connectivity index (χ0n) is 7.88. The van der Waals surface area contributed by atoms with Gasteiger partial charge in [0, 0.05) is 11.1 Å². The summed E-state index contributed by atoms with van der Waals surface area (Å²) in [7, 11) is 1.64. The number of hydrogen-bond donors (Lipinski definition) is 1. The lowest BCUT2D eigenvalue weighted by Gasteiger charge is -2.10. The van der Waals surface area contributed by atoms with E-state index in [-0.39, 0.29) is 6.04 Å². The Labute approximate surface area is 83.6 Å². The summed E-state index contributed by atoms with van der Waals surface area (Å²) in [5.41, 5.74) is 6.80. The predicted molar refractivity (Wildman–Crippen MR) is 55.4 cm³/mol. The first-order valence-electron chi connectivity index (χ1n) is 4.21. The smallest absolute Gasteiger partial charge is 0.123 e. The van der Waals surface area contributed by atoms with Gasteiger partial charge >= 0.3 is 0 Å². The van der Waals surface area contributed by atoms with Crippen LogP contribution in [0.2, 0.25) is 5.02 Å². The first kappa shape index (κ1) is 10.4. The third-order valence-electron chi connectivity index (χ3n) is 1.79. The van der Waals surface area contributed by atoms with E-state index >= 15 is 0 Å². The zero-order chi connectivity index (χ0) is 9.84. The SMILES string of the molecule is COc1cc(Cl)ccc1C[C@@H](C)N. The molecule has 1 aromatic rings. The third kappa shape index (κ3) is 2.90. The normalized spacial score (nSPS) is 12.6. The van der Waals surface area contributed by atoms with E-state index in [4.69, 9.17) is 22.1 Å². The Morgan fingerprint density at radius 1 is 1.54 bits per heavy atom. The maximum absolute atomic E-state index is 5.82. The highest BCUT2D eigenvalue weighted by Crippen LogP contribution is 2.23. The lowest BCUT2D eigenvalue weighted by molar-refractivity contribution is 0.408. The molecule has 3 heteroatoms. The van der Waals surface area contributed by atoms with Crippen molar-refractivity contribution in [2.24, 2.45) is 5.73 Å². The number of methoxy groups -OCH3 is 1. The van der Waals surface area contributed by atoms with Crippen molar-refractivity contribution in [2.75, 3.05) is 7.11 Å². The summed E-state index contributed by atoms with van der Waals surface area (Å²) < 4.78 is 5.19. The van der Waals surface area contributed by atoms with Crippen molar-refractivity contribution in [3.63, 3.8) is 0 Å². The van der Waals surface area contributed by atoms with Crippen LogP contribution in [-0.4, -0.2) is 13.2 Å². The molecule has 1 aromatic carbocycles. The molecule has 13 heavy (non-hydrogen) atoms. The number of benzene rings is 1. The van der Waals surface area contributed by atoms with Crippen LogP contribution in [0.4, 0.5) is 0 Å². The molecule has 0 aliphatic carbocycles. The van der Waals surface area contributed by atoms with Crippen molar-refractivity contribution in [3.05, 3.63) is 28.8 Å². The van der Waals surface area contributed by atoms with E-state index in [1.54, 1.807) is 13.2 Å². The molecule has 0 heterocycles. The van der Waals surface area contributed by atoms with E-state index in [9.17, 15) is 0 Å². The van der Waals surface area contributed by atoms with Gasteiger partial charge in [-0.1, -0.05) is 17.7 Å². The number of rotatable bonds is 3. The van der Waals surface area contributed by atoms with Crippen LogP contribution in [0.25, 0.3) is 0 Å². The summed E-state index contributed by atoms with van der Waals surface area (Å²) in [4.78, 5) is 0. The van der Waals surface area contributed by atoms with E-state index in [2.05, 4.69) is 0 Å². The molecule has 72 valence electrons. The van der Waals surface area contributed by atoms with Gasteiger partial charge in [-0.2, -0.15) is 0 Å². The first-order valence-corrected chi connectivity index (χ1v) is 4.59. The topological polar surface area (TPSA) is 35.2 Å². The average molecular weight is 200 g/mol. The Morgan fingerprint density at radius 3 is 2.77 bits per heavy atom. The molecule has 0 spiro atoms. The molecule has 0 fully saturated rings. The van der Waals surface area contributed by atoms with Crippen molar-refractivity contribution in [1.82, 2.24) is 0 Å². The fourth-order valence-electron chi connectivity index (χ4n) is 1.23. The van der Waals surface area contributed by atoms with Crippen molar-refractivity contribution in [3.8, 4) is 5.75 Å². The van der Waals surface area contributed by atoms with Crippen LogP contribution in [0.3, 0.4) is 0 Å². The van der Waals surface area contributed by atoms with Crippen molar-refractivity contribution in [1.29, 1.82) is 0 Å². The molecule has 0 aliphatic heterocycles. The van der Waals surface area contributed by atoms with Gasteiger partial charge in [0.2, 0.25) is 0 Å². The van der Waals surface area contributed by atoms with Crippen molar-refractivity contribution < 1.29 is 4.74 Å². The lowest BCUT2D eigenvalue weighted by atomic mass is 10.1. The Kier molecular flexibility index (Phi) is 3.58. The van der Waals surface area contributed by atoms with Gasteiger partial charge < -0.3 is 10.5 Å². The van der Waals surface area contributed by atoms with Gasteiger partial charge in [0.25, 0.3) is 0 Å². The molecule has 0 aliphatic rings. The molecular weight excluding hydrogens is 186 g/mol. The third-order valence-corrected chi connectivity index (χ3v) is 2.03. The molecule has 2 N–H and O–H groups in total. The Morgan fingerprint density at radius 2 is 2.23 bits per heavy atom. The number of halogens is 1. The van der Waals surface area contributed by atoms with Gasteiger partial charge in [-0.05, 0) is 31.0 Å². The van der Waals surface area contributed by atoms with Gasteiger partial charge in [0.05, 0.1) is 7.11 Å². The largest absolute Gasteiger partial charge is 0.496 e. The second-order valence-electron chi connectivity index (χ2n) is 3.14. The van der Waals surface area contributed by atoms with Crippen LogP contribution < -0.4 is 10.5 Å². The molecule has 2 nitrogen and oxygen atoms in total. The van der Waals surface area contributed by atoms with E-state index in [1.165, 1.54) is 0 Å². The summed E-state index contributed by atoms with van der Waals surface area (Å²) in [6, 6.07) is 5.74. The van der Waals surface area contributed by atoms with Gasteiger partial charge in [-0.25, -0.2) is 0 Å². The summed E-state index contributed by atoms with van der Waals surface area (Å²) >= 11 is 5.82. The van der Waals surface area contributed by atoms with Gasteiger partial charge in [0.1, 0.15) is 5.75 Å². The summed E-state index contributed by atoms with van der Waals surface area (Å²) in [5.74, 6) is 0.810. The fraction of sp³-hybridized carbons (Fsp3) is 0.400. The van der Waals surface area contributed by atoms with Gasteiger partial charge in [0.15, 0.2) is 0 Å². The standard InChI is InChI=1S/C10H14ClNO/c1-7(12)5-8-3-4-9(11)6-10(8)13-2/h3-4,6-7H,5,12H2,1-2H3/t7-/m1/s1. The monoisotopic (exact) mass is 199 g/mol. The van der Waals surface area contributed by atoms with E-state index < -0.39 is 0 Å². The highest BCUT2D eigenvalue weighted by Gasteiger charge is 2.05. The number of nitrogens with two attached hydrogens (primary N) is 1. The molecule has 0 radical (unpaired) electrons. The molecule has 1 rings (SSSR count). The average Bonchev–Trinajstić information content (AvgIpc) is 2.07. The zero-order valence-corrected chi connectivity index (χ0v) is 8.64. The summed E-state index contributed by atoms with van der Waals surface area (Å²) in [6.45, 7) is 1.97. The summed E-state index contributed by atoms with van der Waals surface area (Å²) in [6.07, 6.45) is 0.806. The molecular formula is C10H14ClNO. The van der Waals surface area contributed by atoms with E-state index in [0.717, 1.165) is 17.7 Å². The van der Waals surface area contributed by atoms with Gasteiger partial charge in [-0.3, -0.25) is 0 Å². The van der Waals surface area contributed by atoms with Crippen LogP contribution >= 0.6 is 11.6 Å². The van der Waals surface area contributed by atoms with Crippen LogP contribution in [0.1, 0.15) is 12.5 Å². The quantitative estimate of drug-likeness (QED) is 0.811. The molecule has 0 amide bonds. The Bertz CT molecular complexity index is 286. The van der Waals surface area contributed by atoms with Crippen LogP contribution in [0.15, 0.2) is 18.2 Å². The minimum absolute atomic E-state index is 0.134. The fourth-order valence-corrected chi connectivity index (χ4v) is 1.40. The van der Waals surface area contributed by atoms with E-state index in [1.807, 2.05) is 19.1 Å². The second-order valence-corrected chi connectivity index (χ2v) is 3.57. The first-order chi connectivity index (χ1) is 6.13. The van der Waals surface area contributed by atoms with Crippen LogP contribution in [-0.2, 0) is 6.42 Å².